The Hall–Kier alpha value is -2.36. The van der Waals surface area contributed by atoms with Crippen LogP contribution < -0.4 is 4.90 Å². The van der Waals surface area contributed by atoms with Gasteiger partial charge in [0.1, 0.15) is 5.82 Å². The van der Waals surface area contributed by atoms with Crippen LogP contribution in [0.1, 0.15) is 23.7 Å². The van der Waals surface area contributed by atoms with Gasteiger partial charge in [-0.2, -0.15) is 0 Å². The molecular formula is C16H16N2O2. The lowest BCUT2D eigenvalue weighted by atomic mass is 10.1. The van der Waals surface area contributed by atoms with E-state index in [2.05, 4.69) is 22.9 Å². The Kier molecular flexibility index (Phi) is 3.14. The first-order chi connectivity index (χ1) is 9.65. The van der Waals surface area contributed by atoms with E-state index in [0.717, 1.165) is 30.8 Å². The van der Waals surface area contributed by atoms with E-state index in [-0.39, 0.29) is 0 Å². The van der Waals surface area contributed by atoms with Gasteiger partial charge < -0.3 is 10.0 Å². The van der Waals surface area contributed by atoms with Crippen molar-refractivity contribution in [3.05, 3.63) is 47.5 Å². The fourth-order valence-corrected chi connectivity index (χ4v) is 2.61. The van der Waals surface area contributed by atoms with Crippen molar-refractivity contribution in [2.75, 3.05) is 18.0 Å². The van der Waals surface area contributed by atoms with Crippen molar-refractivity contribution in [1.82, 2.24) is 4.98 Å². The number of aromatic carboxylic acids is 1. The summed E-state index contributed by atoms with van der Waals surface area (Å²) < 4.78 is 0. The van der Waals surface area contributed by atoms with Crippen molar-refractivity contribution in [3.8, 4) is 0 Å². The number of hydrogen-bond donors (Lipinski definition) is 1. The molecule has 1 N–H and O–H groups in total. The van der Waals surface area contributed by atoms with Crippen LogP contribution in [0.5, 0.6) is 0 Å². The molecule has 2 aromatic rings. The van der Waals surface area contributed by atoms with E-state index in [9.17, 15) is 9.90 Å². The van der Waals surface area contributed by atoms with Crippen LogP contribution in [0, 0.1) is 0 Å². The maximum Gasteiger partial charge on any atom is 0.336 e. The Morgan fingerprint density at radius 1 is 1.30 bits per heavy atom. The van der Waals surface area contributed by atoms with E-state index in [1.165, 1.54) is 5.57 Å². The second-order valence-corrected chi connectivity index (χ2v) is 5.11. The molecule has 0 amide bonds. The molecule has 3 rings (SSSR count). The molecule has 4 heteroatoms. The fourth-order valence-electron chi connectivity index (χ4n) is 2.61. The van der Waals surface area contributed by atoms with Gasteiger partial charge in [0.25, 0.3) is 0 Å². The van der Waals surface area contributed by atoms with E-state index >= 15 is 0 Å². The van der Waals surface area contributed by atoms with E-state index in [1.807, 2.05) is 18.2 Å². The average Bonchev–Trinajstić information content (AvgIpc) is 2.46. The molecule has 20 heavy (non-hydrogen) atoms. The highest BCUT2D eigenvalue weighted by atomic mass is 16.4. The molecule has 1 aromatic carbocycles. The summed E-state index contributed by atoms with van der Waals surface area (Å²) in [5.41, 5.74) is 2.38. The largest absolute Gasteiger partial charge is 0.478 e. The first-order valence-electron chi connectivity index (χ1n) is 6.69. The Morgan fingerprint density at radius 2 is 2.15 bits per heavy atom. The molecule has 0 bridgehead atoms. The molecule has 102 valence electrons. The summed E-state index contributed by atoms with van der Waals surface area (Å²) in [6, 6.07) is 8.98. The van der Waals surface area contributed by atoms with Crippen molar-refractivity contribution in [2.45, 2.75) is 13.3 Å². The molecule has 0 radical (unpaired) electrons. The third-order valence-electron chi connectivity index (χ3n) is 3.60. The maximum absolute atomic E-state index is 11.2. The lowest BCUT2D eigenvalue weighted by Crippen LogP contribution is -2.29. The predicted octanol–water partition coefficient (Wildman–Crippen LogP) is 3.09. The van der Waals surface area contributed by atoms with Gasteiger partial charge >= 0.3 is 5.97 Å². The van der Waals surface area contributed by atoms with Crippen LogP contribution in [0.4, 0.5) is 5.82 Å². The Bertz CT molecular complexity index is 707. The Balaban J connectivity index is 2.03. The van der Waals surface area contributed by atoms with Gasteiger partial charge in [0.05, 0.1) is 11.1 Å². The molecule has 0 unspecified atom stereocenters. The van der Waals surface area contributed by atoms with Crippen molar-refractivity contribution in [2.24, 2.45) is 0 Å². The molecule has 0 saturated heterocycles. The van der Waals surface area contributed by atoms with Crippen LogP contribution in [-0.2, 0) is 0 Å². The molecular weight excluding hydrogens is 252 g/mol. The highest BCUT2D eigenvalue weighted by Crippen LogP contribution is 2.23. The molecule has 0 spiro atoms. The number of anilines is 1. The molecule has 0 fully saturated rings. The lowest BCUT2D eigenvalue weighted by Gasteiger charge is -2.27. The Labute approximate surface area is 117 Å². The zero-order chi connectivity index (χ0) is 14.1. The first kappa shape index (κ1) is 12.7. The number of rotatable bonds is 2. The van der Waals surface area contributed by atoms with Gasteiger partial charge in [0, 0.05) is 18.5 Å². The van der Waals surface area contributed by atoms with Crippen LogP contribution in [-0.4, -0.2) is 29.1 Å². The fraction of sp³-hybridized carbons (Fsp3) is 0.250. The standard InChI is InChI=1S/C16H16N2O2/c1-11-4-3-9-18(10-11)15-8-7-12-13(16(19)20)5-2-6-14(12)17-15/h2,4-8H,3,9-10H2,1H3,(H,19,20). The van der Waals surface area contributed by atoms with Gasteiger partial charge in [-0.1, -0.05) is 17.7 Å². The third kappa shape index (κ3) is 2.25. The number of hydrogen-bond acceptors (Lipinski definition) is 3. The molecule has 2 heterocycles. The second kappa shape index (κ2) is 4.96. The summed E-state index contributed by atoms with van der Waals surface area (Å²) in [5.74, 6) is -0.00520. The summed E-state index contributed by atoms with van der Waals surface area (Å²) in [4.78, 5) is 18.0. The monoisotopic (exact) mass is 268 g/mol. The van der Waals surface area contributed by atoms with Crippen molar-refractivity contribution in [1.29, 1.82) is 0 Å². The third-order valence-corrected chi connectivity index (χ3v) is 3.60. The number of carboxylic acids is 1. The zero-order valence-electron chi connectivity index (χ0n) is 11.3. The van der Waals surface area contributed by atoms with Gasteiger partial charge in [0.15, 0.2) is 0 Å². The topological polar surface area (TPSA) is 53.4 Å². The van der Waals surface area contributed by atoms with E-state index < -0.39 is 5.97 Å². The molecule has 1 aliphatic heterocycles. The minimum Gasteiger partial charge on any atom is -0.478 e. The molecule has 0 atom stereocenters. The maximum atomic E-state index is 11.2. The summed E-state index contributed by atoms with van der Waals surface area (Å²) in [6.45, 7) is 3.96. The van der Waals surface area contributed by atoms with Gasteiger partial charge in [-0.25, -0.2) is 9.78 Å². The predicted molar refractivity (Wildman–Crippen MR) is 79.3 cm³/mol. The number of aromatic nitrogens is 1. The summed E-state index contributed by atoms with van der Waals surface area (Å²) >= 11 is 0. The molecule has 4 nitrogen and oxygen atoms in total. The number of carbonyl (C=O) groups is 1. The lowest BCUT2D eigenvalue weighted by molar-refractivity contribution is 0.0699. The number of fused-ring (bicyclic) bond motifs is 1. The number of benzene rings is 1. The van der Waals surface area contributed by atoms with Gasteiger partial charge in [-0.3, -0.25) is 0 Å². The van der Waals surface area contributed by atoms with Crippen LogP contribution >= 0.6 is 0 Å². The van der Waals surface area contributed by atoms with Gasteiger partial charge in [-0.05, 0) is 37.6 Å². The minimum atomic E-state index is -0.915. The van der Waals surface area contributed by atoms with Gasteiger partial charge in [-0.15, -0.1) is 0 Å². The second-order valence-electron chi connectivity index (χ2n) is 5.11. The summed E-state index contributed by atoms with van der Waals surface area (Å²) in [6.07, 6.45) is 3.28. The molecule has 1 aliphatic rings. The molecule has 0 saturated carbocycles. The number of nitrogens with zero attached hydrogens (tertiary/aromatic N) is 2. The normalized spacial score (nSPS) is 15.2. The minimum absolute atomic E-state index is 0.302. The summed E-state index contributed by atoms with van der Waals surface area (Å²) in [5, 5.41) is 9.88. The smallest absolute Gasteiger partial charge is 0.336 e. The average molecular weight is 268 g/mol. The van der Waals surface area contributed by atoms with E-state index in [1.54, 1.807) is 12.1 Å². The van der Waals surface area contributed by atoms with E-state index in [0.29, 0.717) is 10.9 Å². The number of carboxylic acid groups (broad SMARTS) is 1. The molecule has 1 aromatic heterocycles. The van der Waals surface area contributed by atoms with Gasteiger partial charge in [0.2, 0.25) is 0 Å². The van der Waals surface area contributed by atoms with Crippen LogP contribution in [0.15, 0.2) is 42.0 Å². The van der Waals surface area contributed by atoms with Crippen LogP contribution in [0.3, 0.4) is 0 Å². The van der Waals surface area contributed by atoms with Crippen LogP contribution in [0.2, 0.25) is 0 Å². The molecule has 0 aliphatic carbocycles. The first-order valence-corrected chi connectivity index (χ1v) is 6.69. The van der Waals surface area contributed by atoms with Crippen molar-refractivity contribution < 1.29 is 9.90 Å². The highest BCUT2D eigenvalue weighted by molar-refractivity contribution is 6.02. The van der Waals surface area contributed by atoms with Crippen LogP contribution in [0.25, 0.3) is 10.9 Å². The van der Waals surface area contributed by atoms with Crippen molar-refractivity contribution in [3.63, 3.8) is 0 Å². The number of pyridine rings is 1. The van der Waals surface area contributed by atoms with Crippen molar-refractivity contribution >= 4 is 22.7 Å². The quantitative estimate of drug-likeness (QED) is 0.850. The van der Waals surface area contributed by atoms with E-state index in [4.69, 9.17) is 0 Å². The summed E-state index contributed by atoms with van der Waals surface area (Å²) in [7, 11) is 0. The SMILES string of the molecule is CC1=CCCN(c2ccc3c(C(=O)O)cccc3n2)C1. The Morgan fingerprint density at radius 3 is 2.90 bits per heavy atom. The highest BCUT2D eigenvalue weighted by Gasteiger charge is 2.14. The zero-order valence-corrected chi connectivity index (χ0v) is 11.3.